The third-order valence-electron chi connectivity index (χ3n) is 3.02. The summed E-state index contributed by atoms with van der Waals surface area (Å²) in [5, 5.41) is 0. The third kappa shape index (κ3) is 2.59. The second kappa shape index (κ2) is 6.10. The number of carbonyl (C=O) groups excluding carboxylic acids is 1. The van der Waals surface area contributed by atoms with E-state index in [2.05, 4.69) is 0 Å². The largest absolute Gasteiger partial charge is 0.496 e. The van der Waals surface area contributed by atoms with Gasteiger partial charge >= 0.3 is 5.97 Å². The van der Waals surface area contributed by atoms with Crippen molar-refractivity contribution in [1.29, 1.82) is 0 Å². The molecule has 0 radical (unpaired) electrons. The molecule has 0 spiro atoms. The van der Waals surface area contributed by atoms with E-state index in [9.17, 15) is 4.79 Å². The number of methoxy groups -OCH3 is 3. The highest BCUT2D eigenvalue weighted by Gasteiger charge is 2.15. The van der Waals surface area contributed by atoms with E-state index < -0.39 is 5.97 Å². The summed E-state index contributed by atoms with van der Waals surface area (Å²) in [6.07, 6.45) is 0. The Kier molecular flexibility index (Phi) is 4.25. The summed E-state index contributed by atoms with van der Waals surface area (Å²) in [4.78, 5) is 11.8. The molecule has 4 heteroatoms. The van der Waals surface area contributed by atoms with Gasteiger partial charge in [0.2, 0.25) is 0 Å². The van der Waals surface area contributed by atoms with Crippen molar-refractivity contribution in [2.75, 3.05) is 21.3 Å². The zero-order chi connectivity index (χ0) is 14.5. The molecule has 20 heavy (non-hydrogen) atoms. The lowest BCUT2D eigenvalue weighted by Gasteiger charge is -2.11. The standard InChI is InChI=1S/C16H16O4/c1-18-14-7-5-4-6-12(14)11-8-9-15(19-2)13(10-11)16(17)20-3/h4-10H,1-3H3. The fourth-order valence-electron chi connectivity index (χ4n) is 2.03. The zero-order valence-corrected chi connectivity index (χ0v) is 11.7. The van der Waals surface area contributed by atoms with Crippen LogP contribution in [-0.2, 0) is 4.74 Å². The van der Waals surface area contributed by atoms with Crippen molar-refractivity contribution in [2.24, 2.45) is 0 Å². The topological polar surface area (TPSA) is 44.8 Å². The van der Waals surface area contributed by atoms with Gasteiger partial charge in [-0.15, -0.1) is 0 Å². The van der Waals surface area contributed by atoms with Gasteiger partial charge in [0.05, 0.1) is 21.3 Å². The zero-order valence-electron chi connectivity index (χ0n) is 11.7. The molecule has 0 heterocycles. The van der Waals surface area contributed by atoms with E-state index in [4.69, 9.17) is 14.2 Å². The quantitative estimate of drug-likeness (QED) is 0.802. The number of rotatable bonds is 4. The van der Waals surface area contributed by atoms with Gasteiger partial charge in [0.15, 0.2) is 0 Å². The Balaban J connectivity index is 2.56. The highest BCUT2D eigenvalue weighted by atomic mass is 16.5. The smallest absolute Gasteiger partial charge is 0.341 e. The lowest BCUT2D eigenvalue weighted by Crippen LogP contribution is -2.04. The maximum atomic E-state index is 11.8. The molecule has 0 aliphatic carbocycles. The molecule has 0 aliphatic rings. The van der Waals surface area contributed by atoms with Crippen molar-refractivity contribution in [1.82, 2.24) is 0 Å². The molecule has 0 atom stereocenters. The second-order valence-electron chi connectivity index (χ2n) is 4.11. The molecule has 104 valence electrons. The van der Waals surface area contributed by atoms with Gasteiger partial charge in [-0.1, -0.05) is 24.3 Å². The molecule has 2 aromatic rings. The molecule has 2 aromatic carbocycles. The minimum Gasteiger partial charge on any atom is -0.496 e. The van der Waals surface area contributed by atoms with Gasteiger partial charge in [0, 0.05) is 5.56 Å². The number of para-hydroxylation sites is 1. The number of hydrogen-bond acceptors (Lipinski definition) is 4. The van der Waals surface area contributed by atoms with Crippen LogP contribution in [0.1, 0.15) is 10.4 Å². The van der Waals surface area contributed by atoms with Gasteiger partial charge < -0.3 is 14.2 Å². The summed E-state index contributed by atoms with van der Waals surface area (Å²) in [5.74, 6) is 0.794. The monoisotopic (exact) mass is 272 g/mol. The first-order valence-corrected chi connectivity index (χ1v) is 6.11. The van der Waals surface area contributed by atoms with Gasteiger partial charge in [-0.05, 0) is 23.8 Å². The number of benzene rings is 2. The number of carbonyl (C=O) groups is 1. The average molecular weight is 272 g/mol. The number of esters is 1. The van der Waals surface area contributed by atoms with Crippen LogP contribution in [0.4, 0.5) is 0 Å². The van der Waals surface area contributed by atoms with E-state index in [1.54, 1.807) is 19.2 Å². The normalized spacial score (nSPS) is 9.95. The molecule has 0 aromatic heterocycles. The third-order valence-corrected chi connectivity index (χ3v) is 3.02. The molecule has 0 fully saturated rings. The first-order chi connectivity index (χ1) is 9.71. The SMILES string of the molecule is COC(=O)c1cc(-c2ccccc2OC)ccc1OC. The minimum atomic E-state index is -0.432. The van der Waals surface area contributed by atoms with E-state index >= 15 is 0 Å². The Morgan fingerprint density at radius 3 is 2.25 bits per heavy atom. The highest BCUT2D eigenvalue weighted by molar-refractivity contribution is 5.94. The van der Waals surface area contributed by atoms with Crippen LogP contribution in [-0.4, -0.2) is 27.3 Å². The molecular weight excluding hydrogens is 256 g/mol. The molecule has 0 aliphatic heterocycles. The van der Waals surface area contributed by atoms with Crippen molar-refractivity contribution < 1.29 is 19.0 Å². The maximum Gasteiger partial charge on any atom is 0.341 e. The molecule has 4 nitrogen and oxygen atoms in total. The van der Waals surface area contributed by atoms with Crippen LogP contribution in [0.5, 0.6) is 11.5 Å². The fraction of sp³-hybridized carbons (Fsp3) is 0.188. The molecule has 0 unspecified atom stereocenters. The molecule has 2 rings (SSSR count). The Morgan fingerprint density at radius 1 is 0.900 bits per heavy atom. The summed E-state index contributed by atoms with van der Waals surface area (Å²) in [7, 11) is 4.48. The van der Waals surface area contributed by atoms with E-state index in [0.29, 0.717) is 11.3 Å². The molecule has 0 saturated heterocycles. The van der Waals surface area contributed by atoms with Gasteiger partial charge in [-0.25, -0.2) is 4.79 Å². The van der Waals surface area contributed by atoms with Crippen molar-refractivity contribution in [2.45, 2.75) is 0 Å². The van der Waals surface area contributed by atoms with Crippen molar-refractivity contribution >= 4 is 5.97 Å². The predicted octanol–water partition coefficient (Wildman–Crippen LogP) is 3.16. The first-order valence-electron chi connectivity index (χ1n) is 6.11. The summed E-state index contributed by atoms with van der Waals surface area (Å²) < 4.78 is 15.3. The average Bonchev–Trinajstić information content (AvgIpc) is 2.53. The van der Waals surface area contributed by atoms with Crippen LogP contribution in [0.25, 0.3) is 11.1 Å². The fourth-order valence-corrected chi connectivity index (χ4v) is 2.03. The molecular formula is C16H16O4. The Hall–Kier alpha value is -2.49. The van der Waals surface area contributed by atoms with Crippen LogP contribution < -0.4 is 9.47 Å². The van der Waals surface area contributed by atoms with Crippen LogP contribution >= 0.6 is 0 Å². The Bertz CT molecular complexity index is 620. The van der Waals surface area contributed by atoms with Crippen LogP contribution in [0, 0.1) is 0 Å². The summed E-state index contributed by atoms with van der Waals surface area (Å²) in [5.41, 5.74) is 2.16. The van der Waals surface area contributed by atoms with Gasteiger partial charge in [0.25, 0.3) is 0 Å². The number of hydrogen-bond donors (Lipinski definition) is 0. The Morgan fingerprint density at radius 2 is 1.60 bits per heavy atom. The number of ether oxygens (including phenoxy) is 3. The van der Waals surface area contributed by atoms with Crippen LogP contribution in [0.15, 0.2) is 42.5 Å². The predicted molar refractivity (Wildman–Crippen MR) is 76.3 cm³/mol. The molecule has 0 bridgehead atoms. The Labute approximate surface area is 117 Å². The lowest BCUT2D eigenvalue weighted by molar-refractivity contribution is 0.0597. The maximum absolute atomic E-state index is 11.8. The lowest BCUT2D eigenvalue weighted by atomic mass is 10.0. The first kappa shape index (κ1) is 13.9. The summed E-state index contributed by atoms with van der Waals surface area (Å²) >= 11 is 0. The minimum absolute atomic E-state index is 0.387. The van der Waals surface area contributed by atoms with Crippen molar-refractivity contribution in [3.63, 3.8) is 0 Å². The molecule has 0 saturated carbocycles. The van der Waals surface area contributed by atoms with Gasteiger partial charge in [-0.2, -0.15) is 0 Å². The van der Waals surface area contributed by atoms with E-state index in [0.717, 1.165) is 16.9 Å². The van der Waals surface area contributed by atoms with Gasteiger partial charge in [0.1, 0.15) is 17.1 Å². The van der Waals surface area contributed by atoms with E-state index in [1.807, 2.05) is 30.3 Å². The second-order valence-corrected chi connectivity index (χ2v) is 4.11. The molecule has 0 amide bonds. The summed E-state index contributed by atoms with van der Waals surface area (Å²) in [6, 6.07) is 13.0. The van der Waals surface area contributed by atoms with E-state index in [1.165, 1.54) is 14.2 Å². The van der Waals surface area contributed by atoms with Crippen LogP contribution in [0.2, 0.25) is 0 Å². The molecule has 0 N–H and O–H groups in total. The van der Waals surface area contributed by atoms with Gasteiger partial charge in [-0.3, -0.25) is 0 Å². The van der Waals surface area contributed by atoms with Crippen LogP contribution in [0.3, 0.4) is 0 Å². The highest BCUT2D eigenvalue weighted by Crippen LogP contribution is 2.32. The van der Waals surface area contributed by atoms with E-state index in [-0.39, 0.29) is 0 Å². The van der Waals surface area contributed by atoms with Crippen molar-refractivity contribution in [3.05, 3.63) is 48.0 Å². The summed E-state index contributed by atoms with van der Waals surface area (Å²) in [6.45, 7) is 0. The van der Waals surface area contributed by atoms with Crippen molar-refractivity contribution in [3.8, 4) is 22.6 Å².